The third kappa shape index (κ3) is 19.3. The van der Waals surface area contributed by atoms with E-state index in [-0.39, 0.29) is 99.2 Å². The highest BCUT2D eigenvalue weighted by molar-refractivity contribution is 7.85. The Morgan fingerprint density at radius 1 is 0.855 bits per heavy atom. The fourth-order valence-electron chi connectivity index (χ4n) is 9.72. The van der Waals surface area contributed by atoms with Crippen LogP contribution in [0.5, 0.6) is 0 Å². The molecule has 8 N–H and O–H groups in total. The predicted octanol–water partition coefficient (Wildman–Crippen LogP) is 5.44. The monoisotopic (exact) mass is 1170 g/mol. The van der Waals surface area contributed by atoms with Crippen LogP contribution in [0.4, 0.5) is 28.4 Å². The van der Waals surface area contributed by atoms with Gasteiger partial charge >= 0.3 is 12.1 Å². The molecule has 4 aromatic rings. The van der Waals surface area contributed by atoms with Crippen LogP contribution in [0.3, 0.4) is 0 Å². The molecule has 0 spiro atoms. The molecule has 1 fully saturated rings. The zero-order valence-corrected chi connectivity index (χ0v) is 47.5. The maximum atomic E-state index is 15.3. The number of urea groups is 1. The van der Waals surface area contributed by atoms with Gasteiger partial charge in [0.1, 0.15) is 48.9 Å². The second-order valence-corrected chi connectivity index (χ2v) is 22.6. The van der Waals surface area contributed by atoms with Crippen LogP contribution in [0.1, 0.15) is 102 Å². The van der Waals surface area contributed by atoms with Gasteiger partial charge in [0.2, 0.25) is 17.7 Å². The average Bonchev–Trinajstić information content (AvgIpc) is 3.91. The van der Waals surface area contributed by atoms with Gasteiger partial charge in [0.25, 0.3) is 17.7 Å². The van der Waals surface area contributed by atoms with Crippen LogP contribution in [-0.4, -0.2) is 138 Å². The summed E-state index contributed by atoms with van der Waals surface area (Å²) in [5, 5.41) is 24.0. The molecule has 2 aliphatic rings. The molecule has 5 unspecified atom stereocenters. The van der Waals surface area contributed by atoms with Crippen LogP contribution in [0.15, 0.2) is 91.1 Å². The molecule has 1 saturated heterocycles. The normalized spacial score (nSPS) is 16.8. The number of aliphatic hydroxyl groups excluding tert-OH is 1. The van der Waals surface area contributed by atoms with Crippen molar-refractivity contribution in [1.82, 2.24) is 40.6 Å². The van der Waals surface area contributed by atoms with E-state index in [0.29, 0.717) is 54.9 Å². The van der Waals surface area contributed by atoms with Gasteiger partial charge in [-0.1, -0.05) is 62.7 Å². The van der Waals surface area contributed by atoms with Crippen molar-refractivity contribution in [3.63, 3.8) is 0 Å². The molecule has 9 amide bonds. The lowest BCUT2D eigenvalue weighted by Crippen LogP contribution is -2.54. The van der Waals surface area contributed by atoms with E-state index < -0.39 is 95.1 Å². The Balaban J connectivity index is 1.08. The second-order valence-electron chi connectivity index (χ2n) is 20.9. The minimum absolute atomic E-state index is 0.0650. The third-order valence-corrected chi connectivity index (χ3v) is 15.6. The number of carbonyl (C=O) groups is 8. The smallest absolute Gasteiger partial charge is 0.407 e. The molecule has 448 valence electrons. The summed E-state index contributed by atoms with van der Waals surface area (Å²) < 4.78 is 64.6. The zero-order chi connectivity index (χ0) is 60.2. The van der Waals surface area contributed by atoms with E-state index in [1.54, 1.807) is 36.7 Å². The Bertz CT molecular complexity index is 2940. The van der Waals surface area contributed by atoms with Gasteiger partial charge in [-0.25, -0.2) is 27.7 Å². The van der Waals surface area contributed by atoms with Gasteiger partial charge in [0, 0.05) is 84.5 Å². The van der Waals surface area contributed by atoms with Gasteiger partial charge in [0.15, 0.2) is 0 Å². The minimum atomic E-state index is -1.54. The van der Waals surface area contributed by atoms with Crippen LogP contribution in [-0.2, 0) is 57.5 Å². The maximum Gasteiger partial charge on any atom is 0.407 e. The molecule has 0 radical (unpaired) electrons. The molecule has 0 saturated carbocycles. The Kier molecular flexibility index (Phi) is 24.4. The number of unbranched alkanes of at least 4 members (excludes halogenated alkanes) is 2. The van der Waals surface area contributed by atoms with E-state index in [1.807, 2.05) is 30.3 Å². The molecule has 0 aliphatic carbocycles. The number of ether oxygens (including phenoxy) is 1. The minimum Gasteiger partial charge on any atom is -0.445 e. The first-order valence-electron chi connectivity index (χ1n) is 27.7. The summed E-state index contributed by atoms with van der Waals surface area (Å²) >= 11 is 0. The number of nitrogens with one attached hydrogen (secondary N) is 5. The molecule has 83 heavy (non-hydrogen) atoms. The van der Waals surface area contributed by atoms with Gasteiger partial charge in [-0.2, -0.15) is 0 Å². The SMILES string of the molecule is CC(O)C(=O)N(CCC(CF)NC(=O)OCc1ccc(NC(=O)C(CCCNC(N)=O)NC(=O)C(NC(=O)CCCCCN2C(=O)C=CC2=O)C(C)C)cc1)C(c1nc(-c2cc(F)ccc2F)cn1Cc1ccccc1)C1CCS(=O)CC1. The standard InChI is InChI=1S/C58H73F3N10O11S/c1-36(2)51(68-48(73)14-8-5-9-27-70-49(74)21-22-50(70)75)55(77)67-46(13-10-26-63-57(62)79)54(76)64-42-18-15-39(16-19-42)35-82-58(80)65-43(32-59)23-28-71(56(78)37(3)72)52(40-24-29-83(81)30-25-40)53-66-47(44-31-41(60)17-20-45(44)61)34-69(53)33-38-11-6-4-7-12-38/h4,6-7,11-12,15-22,31,34,36-37,40,43,46,51-52,72H,5,8-10,13-14,23-30,32-33,35H2,1-3H3,(H,64,76)(H,65,80)(H,67,77)(H,68,73)(H3,62,63,79). The molecular weight excluding hydrogens is 1100 g/mol. The molecule has 25 heteroatoms. The van der Waals surface area contributed by atoms with Crippen LogP contribution < -0.4 is 32.3 Å². The van der Waals surface area contributed by atoms with Crippen LogP contribution in [0.25, 0.3) is 11.3 Å². The van der Waals surface area contributed by atoms with Crippen LogP contribution in [0, 0.1) is 23.5 Å². The van der Waals surface area contributed by atoms with E-state index in [4.69, 9.17) is 15.5 Å². The van der Waals surface area contributed by atoms with Crippen LogP contribution in [0.2, 0.25) is 0 Å². The number of alkyl halides is 1. The van der Waals surface area contributed by atoms with Crippen molar-refractivity contribution < 1.29 is 65.6 Å². The maximum absolute atomic E-state index is 15.3. The number of imide groups is 1. The van der Waals surface area contributed by atoms with Crippen LogP contribution >= 0.6 is 0 Å². The third-order valence-electron chi connectivity index (χ3n) is 14.2. The van der Waals surface area contributed by atoms with Crippen molar-refractivity contribution in [3.05, 3.63) is 120 Å². The van der Waals surface area contributed by atoms with E-state index in [1.165, 1.54) is 36.1 Å². The van der Waals surface area contributed by atoms with Crippen molar-refractivity contribution in [2.24, 2.45) is 17.6 Å². The summed E-state index contributed by atoms with van der Waals surface area (Å²) in [6.45, 7) is 3.69. The quantitative estimate of drug-likeness (QED) is 0.0254. The highest BCUT2D eigenvalue weighted by atomic mass is 32.2. The average molecular weight is 1180 g/mol. The van der Waals surface area contributed by atoms with Crippen molar-refractivity contribution in [2.75, 3.05) is 43.1 Å². The number of anilines is 1. The number of aliphatic hydroxyl groups is 1. The fourth-order valence-corrected chi connectivity index (χ4v) is 11.1. The Morgan fingerprint density at radius 3 is 2.20 bits per heavy atom. The number of halogens is 3. The molecule has 21 nitrogen and oxygen atoms in total. The summed E-state index contributed by atoms with van der Waals surface area (Å²) in [4.78, 5) is 110. The number of alkyl carbamates (subject to hydrolysis) is 1. The molecule has 3 aromatic carbocycles. The summed E-state index contributed by atoms with van der Waals surface area (Å²) in [5.74, 6) is -4.45. The first kappa shape index (κ1) is 64.2. The van der Waals surface area contributed by atoms with E-state index in [9.17, 15) is 56.5 Å². The van der Waals surface area contributed by atoms with Crippen molar-refractivity contribution in [3.8, 4) is 11.3 Å². The molecule has 5 atom stereocenters. The Morgan fingerprint density at radius 2 is 1.55 bits per heavy atom. The second kappa shape index (κ2) is 31.5. The van der Waals surface area contributed by atoms with Crippen molar-refractivity contribution >= 4 is 64.1 Å². The van der Waals surface area contributed by atoms with Gasteiger partial charge in [0.05, 0.1) is 17.8 Å². The molecular formula is C58H73F3N10O11S. The number of primary amides is 1. The van der Waals surface area contributed by atoms with Gasteiger partial charge < -0.3 is 51.6 Å². The molecule has 6 rings (SSSR count). The summed E-state index contributed by atoms with van der Waals surface area (Å²) in [5.41, 5.74) is 6.77. The largest absolute Gasteiger partial charge is 0.445 e. The summed E-state index contributed by atoms with van der Waals surface area (Å²) in [6, 6.07) is 13.3. The lowest BCUT2D eigenvalue weighted by molar-refractivity contribution is -0.144. The summed E-state index contributed by atoms with van der Waals surface area (Å²) in [7, 11) is -1.13. The number of nitrogens with two attached hydrogens (primary N) is 1. The number of aromatic nitrogens is 2. The molecule has 2 aliphatic heterocycles. The predicted molar refractivity (Wildman–Crippen MR) is 302 cm³/mol. The zero-order valence-electron chi connectivity index (χ0n) is 46.7. The number of carbonyl (C=O) groups excluding carboxylic acids is 8. The number of amides is 9. The van der Waals surface area contributed by atoms with Crippen molar-refractivity contribution in [2.45, 2.75) is 122 Å². The number of hydrogen-bond acceptors (Lipinski definition) is 12. The lowest BCUT2D eigenvalue weighted by atomic mass is 9.90. The Labute approximate surface area is 482 Å². The first-order chi connectivity index (χ1) is 39.7. The van der Waals surface area contributed by atoms with E-state index >= 15 is 4.39 Å². The van der Waals surface area contributed by atoms with Gasteiger partial charge in [-0.3, -0.25) is 37.9 Å². The van der Waals surface area contributed by atoms with E-state index in [0.717, 1.165) is 28.7 Å². The van der Waals surface area contributed by atoms with Gasteiger partial charge in [-0.05, 0) is 105 Å². The van der Waals surface area contributed by atoms with E-state index in [2.05, 4.69) is 26.6 Å². The number of hydrogen-bond donors (Lipinski definition) is 7. The summed E-state index contributed by atoms with van der Waals surface area (Å²) in [6.07, 6.45) is 3.89. The number of nitrogens with zero attached hydrogens (tertiary/aromatic N) is 4. The lowest BCUT2D eigenvalue weighted by Gasteiger charge is -2.39. The highest BCUT2D eigenvalue weighted by Crippen LogP contribution is 2.38. The molecule has 1 aromatic heterocycles. The highest BCUT2D eigenvalue weighted by Gasteiger charge is 2.39. The van der Waals surface area contributed by atoms with Crippen molar-refractivity contribution in [1.29, 1.82) is 0 Å². The number of benzene rings is 3. The number of rotatable bonds is 30. The number of imidazole rings is 1. The molecule has 0 bridgehead atoms. The Hall–Kier alpha value is -7.93. The van der Waals surface area contributed by atoms with Gasteiger partial charge in [-0.15, -0.1) is 0 Å². The topological polar surface area (TPSA) is 294 Å². The molecule has 3 heterocycles. The fraction of sp³-hybridized carbons (Fsp3) is 0.466. The first-order valence-corrected chi connectivity index (χ1v) is 29.2.